The van der Waals surface area contributed by atoms with E-state index in [2.05, 4.69) is 19.9 Å². The van der Waals surface area contributed by atoms with Crippen LogP contribution in [0.2, 0.25) is 0 Å². The number of morpholine rings is 1. The first-order valence-electron chi connectivity index (χ1n) is 11.6. The minimum absolute atomic E-state index is 0.263. The number of carbonyl (C=O) groups is 1. The topological polar surface area (TPSA) is 133 Å². The van der Waals surface area contributed by atoms with E-state index in [-0.39, 0.29) is 6.42 Å². The molecule has 0 bridgehead atoms. The Morgan fingerprint density at radius 3 is 2.69 bits per heavy atom. The van der Waals surface area contributed by atoms with Crippen LogP contribution in [0.1, 0.15) is 36.0 Å². The Balaban J connectivity index is 1.68. The van der Waals surface area contributed by atoms with E-state index < -0.39 is 11.4 Å². The molecule has 3 N–H and O–H groups in total. The van der Waals surface area contributed by atoms with Crippen LogP contribution in [0.3, 0.4) is 0 Å². The Labute approximate surface area is 208 Å². The molecule has 0 aliphatic carbocycles. The van der Waals surface area contributed by atoms with Crippen molar-refractivity contribution in [1.82, 2.24) is 19.9 Å². The molecule has 0 radical (unpaired) electrons. The van der Waals surface area contributed by atoms with E-state index in [1.807, 2.05) is 6.92 Å². The number of fused-ring (bicyclic) bond motifs is 1. The van der Waals surface area contributed by atoms with Crippen molar-refractivity contribution in [1.29, 1.82) is 0 Å². The van der Waals surface area contributed by atoms with Gasteiger partial charge >= 0.3 is 5.97 Å². The largest absolute Gasteiger partial charge is 0.493 e. The number of nitrogens with two attached hydrogens (primary N) is 1. The Kier molecular flexibility index (Phi) is 7.68. The fraction of sp³-hybridized carbons (Fsp3) is 0.500. The highest BCUT2D eigenvalue weighted by atomic mass is 32.1. The standard InChI is InChI=1S/C24H31N5O5S/c1-4-24(22(30)31,21-15(2)28-23(25)35-21)20-16-12-18(32-3)19(13-17(16)26-14-27-20)34-9-5-6-29-7-10-33-11-8-29/h12-14H,4-11H2,1-3H3,(H2,25,28)(H,30,31). The van der Waals surface area contributed by atoms with Crippen molar-refractivity contribution in [3.05, 3.63) is 34.7 Å². The van der Waals surface area contributed by atoms with E-state index in [4.69, 9.17) is 19.9 Å². The Hall–Kier alpha value is -3.02. The molecule has 0 amide bonds. The van der Waals surface area contributed by atoms with Crippen molar-refractivity contribution >= 4 is 33.3 Å². The number of nitrogen functional groups attached to an aromatic ring is 1. The van der Waals surface area contributed by atoms with Crippen LogP contribution in [-0.2, 0) is 14.9 Å². The molecule has 2 aromatic heterocycles. The molecule has 10 nitrogen and oxygen atoms in total. The van der Waals surface area contributed by atoms with Gasteiger partial charge in [0, 0.05) is 31.1 Å². The minimum Gasteiger partial charge on any atom is -0.493 e. The first-order chi connectivity index (χ1) is 16.9. The van der Waals surface area contributed by atoms with Crippen molar-refractivity contribution in [3.63, 3.8) is 0 Å². The number of carboxylic acid groups (broad SMARTS) is 1. The lowest BCUT2D eigenvalue weighted by molar-refractivity contribution is -0.142. The number of aromatic nitrogens is 3. The lowest BCUT2D eigenvalue weighted by atomic mass is 9.77. The monoisotopic (exact) mass is 501 g/mol. The Morgan fingerprint density at radius 2 is 2.06 bits per heavy atom. The predicted molar refractivity (Wildman–Crippen MR) is 133 cm³/mol. The zero-order valence-electron chi connectivity index (χ0n) is 20.2. The van der Waals surface area contributed by atoms with Gasteiger partial charge in [-0.3, -0.25) is 9.69 Å². The molecule has 188 valence electrons. The van der Waals surface area contributed by atoms with Crippen LogP contribution in [0.5, 0.6) is 11.5 Å². The number of thiazole rings is 1. The molecule has 1 aliphatic heterocycles. The second-order valence-electron chi connectivity index (χ2n) is 8.43. The second-order valence-corrected chi connectivity index (χ2v) is 9.46. The van der Waals surface area contributed by atoms with Gasteiger partial charge < -0.3 is 25.1 Å². The number of nitrogens with zero attached hydrogens (tertiary/aromatic N) is 4. The molecule has 0 spiro atoms. The molecule has 4 rings (SSSR count). The summed E-state index contributed by atoms with van der Waals surface area (Å²) in [4.78, 5) is 28.9. The summed E-state index contributed by atoms with van der Waals surface area (Å²) >= 11 is 1.17. The van der Waals surface area contributed by atoms with Crippen LogP contribution in [0.25, 0.3) is 10.9 Å². The number of methoxy groups -OCH3 is 1. The summed E-state index contributed by atoms with van der Waals surface area (Å²) in [6.07, 6.45) is 2.51. The Morgan fingerprint density at radius 1 is 1.29 bits per heavy atom. The van der Waals surface area contributed by atoms with Gasteiger partial charge in [-0.2, -0.15) is 0 Å². The number of aliphatic carboxylic acids is 1. The van der Waals surface area contributed by atoms with Gasteiger partial charge in [-0.15, -0.1) is 11.3 Å². The van der Waals surface area contributed by atoms with E-state index in [9.17, 15) is 9.90 Å². The highest BCUT2D eigenvalue weighted by molar-refractivity contribution is 7.15. The number of ether oxygens (including phenoxy) is 3. The van der Waals surface area contributed by atoms with Gasteiger partial charge in [0.15, 0.2) is 16.6 Å². The van der Waals surface area contributed by atoms with Crippen LogP contribution in [-0.4, -0.2) is 77.5 Å². The van der Waals surface area contributed by atoms with Crippen LogP contribution >= 0.6 is 11.3 Å². The van der Waals surface area contributed by atoms with Gasteiger partial charge in [0.1, 0.15) is 11.7 Å². The summed E-state index contributed by atoms with van der Waals surface area (Å²) in [7, 11) is 1.56. The average Bonchev–Trinajstić information content (AvgIpc) is 3.20. The van der Waals surface area contributed by atoms with E-state index in [0.29, 0.717) is 50.4 Å². The number of anilines is 1. The van der Waals surface area contributed by atoms with E-state index in [0.717, 1.165) is 39.3 Å². The maximum atomic E-state index is 12.8. The highest BCUT2D eigenvalue weighted by Crippen LogP contribution is 2.44. The molecular weight excluding hydrogens is 470 g/mol. The summed E-state index contributed by atoms with van der Waals surface area (Å²) < 4.78 is 17.1. The van der Waals surface area contributed by atoms with Crippen molar-refractivity contribution < 1.29 is 24.1 Å². The lowest BCUT2D eigenvalue weighted by Crippen LogP contribution is -2.37. The third-order valence-electron chi connectivity index (χ3n) is 6.40. The van der Waals surface area contributed by atoms with Crippen LogP contribution in [0.15, 0.2) is 18.5 Å². The predicted octanol–water partition coefficient (Wildman–Crippen LogP) is 2.87. The van der Waals surface area contributed by atoms with Crippen LogP contribution < -0.4 is 15.2 Å². The first-order valence-corrected chi connectivity index (χ1v) is 12.4. The summed E-state index contributed by atoms with van der Waals surface area (Å²) in [5.41, 5.74) is 6.04. The molecule has 0 saturated carbocycles. The SMILES string of the molecule is CCC(C(=O)O)(c1sc(N)nc1C)c1ncnc2cc(OCCCN3CCOCC3)c(OC)cc12. The van der Waals surface area contributed by atoms with Crippen molar-refractivity contribution in [3.8, 4) is 11.5 Å². The van der Waals surface area contributed by atoms with Gasteiger partial charge in [0.05, 0.1) is 48.7 Å². The number of rotatable bonds is 10. The third-order valence-corrected chi connectivity index (χ3v) is 7.55. The molecule has 1 aliphatic rings. The first kappa shape index (κ1) is 25.1. The van der Waals surface area contributed by atoms with Crippen molar-refractivity contribution in [2.24, 2.45) is 0 Å². The summed E-state index contributed by atoms with van der Waals surface area (Å²) in [6, 6.07) is 3.54. The van der Waals surface area contributed by atoms with Gasteiger partial charge in [0.2, 0.25) is 0 Å². The number of hydrogen-bond donors (Lipinski definition) is 2. The van der Waals surface area contributed by atoms with Gasteiger partial charge in [-0.05, 0) is 25.8 Å². The van der Waals surface area contributed by atoms with E-state index in [1.165, 1.54) is 17.7 Å². The lowest BCUT2D eigenvalue weighted by Gasteiger charge is -2.28. The summed E-state index contributed by atoms with van der Waals surface area (Å²) in [5, 5.41) is 11.4. The number of benzene rings is 1. The van der Waals surface area contributed by atoms with Crippen molar-refractivity contribution in [2.45, 2.75) is 32.1 Å². The molecule has 1 fully saturated rings. The number of hydrogen-bond acceptors (Lipinski definition) is 10. The second kappa shape index (κ2) is 10.7. The zero-order valence-corrected chi connectivity index (χ0v) is 21.1. The quantitative estimate of drug-likeness (QED) is 0.400. The number of carboxylic acids is 1. The maximum Gasteiger partial charge on any atom is 0.321 e. The Bertz CT molecular complexity index is 1200. The normalized spacial score (nSPS) is 16.2. The van der Waals surface area contributed by atoms with E-state index in [1.54, 1.807) is 26.2 Å². The maximum absolute atomic E-state index is 12.8. The number of aryl methyl sites for hydroxylation is 1. The molecule has 35 heavy (non-hydrogen) atoms. The summed E-state index contributed by atoms with van der Waals surface area (Å²) in [6.45, 7) is 8.45. The minimum atomic E-state index is -1.42. The van der Waals surface area contributed by atoms with Gasteiger partial charge in [-0.1, -0.05) is 6.92 Å². The molecule has 1 atom stereocenters. The fourth-order valence-electron chi connectivity index (χ4n) is 4.57. The molecule has 11 heteroatoms. The smallest absolute Gasteiger partial charge is 0.321 e. The highest BCUT2D eigenvalue weighted by Gasteiger charge is 2.46. The van der Waals surface area contributed by atoms with Crippen LogP contribution in [0.4, 0.5) is 5.13 Å². The van der Waals surface area contributed by atoms with E-state index >= 15 is 0 Å². The van der Waals surface area contributed by atoms with Crippen molar-refractivity contribution in [2.75, 3.05) is 52.3 Å². The zero-order chi connectivity index (χ0) is 25.0. The summed E-state index contributed by atoms with van der Waals surface area (Å²) in [5.74, 6) is 0.0345. The third kappa shape index (κ3) is 4.89. The van der Waals surface area contributed by atoms with Gasteiger partial charge in [-0.25, -0.2) is 15.0 Å². The molecular formula is C24H31N5O5S. The molecule has 1 saturated heterocycles. The molecule has 1 aromatic carbocycles. The van der Waals surface area contributed by atoms with Crippen LogP contribution in [0, 0.1) is 6.92 Å². The molecule has 1 unspecified atom stereocenters. The van der Waals surface area contributed by atoms with Gasteiger partial charge in [0.25, 0.3) is 0 Å². The molecule has 3 aromatic rings. The molecule has 3 heterocycles. The average molecular weight is 502 g/mol. The fourth-order valence-corrected chi connectivity index (χ4v) is 5.66.